The minimum atomic E-state index is -0.329. The molecule has 0 aliphatic heterocycles. The number of hydrogen-bond donors (Lipinski definition) is 3. The predicted molar refractivity (Wildman–Crippen MR) is 63.3 cm³/mol. The molecule has 0 aliphatic carbocycles. The molecule has 15 heavy (non-hydrogen) atoms. The van der Waals surface area contributed by atoms with Crippen molar-refractivity contribution >= 4 is 28.9 Å². The van der Waals surface area contributed by atoms with Gasteiger partial charge in [0.2, 0.25) is 5.91 Å². The summed E-state index contributed by atoms with van der Waals surface area (Å²) in [7, 11) is 0. The first-order valence-electron chi connectivity index (χ1n) is 4.26. The van der Waals surface area contributed by atoms with Crippen LogP contribution in [0.1, 0.15) is 13.8 Å². The Hall–Kier alpha value is -1.14. The fourth-order valence-electron chi connectivity index (χ4n) is 0.739. The summed E-state index contributed by atoms with van der Waals surface area (Å²) in [4.78, 5) is 15.0. The van der Waals surface area contributed by atoms with Crippen molar-refractivity contribution < 1.29 is 9.90 Å². The maximum Gasteiger partial charge on any atom is 0.222 e. The molecule has 0 spiro atoms. The van der Waals surface area contributed by atoms with E-state index in [1.165, 1.54) is 18.7 Å². The summed E-state index contributed by atoms with van der Waals surface area (Å²) >= 11 is 1.43. The number of aliphatic hydroxyl groups is 1. The lowest BCUT2D eigenvalue weighted by molar-refractivity contribution is -0.118. The van der Waals surface area contributed by atoms with Crippen molar-refractivity contribution in [3.8, 4) is 0 Å². The van der Waals surface area contributed by atoms with Crippen LogP contribution in [0, 0.1) is 5.41 Å². The maximum absolute atomic E-state index is 10.9. The van der Waals surface area contributed by atoms with Gasteiger partial charge >= 0.3 is 0 Å². The van der Waals surface area contributed by atoms with Crippen molar-refractivity contribution in [3.05, 3.63) is 11.4 Å². The van der Waals surface area contributed by atoms with Crippen LogP contribution in [0.3, 0.4) is 0 Å². The van der Waals surface area contributed by atoms with Crippen LogP contribution in [0.2, 0.25) is 0 Å². The topological polar surface area (TPSA) is 85.5 Å². The van der Waals surface area contributed by atoms with Gasteiger partial charge in [-0.25, -0.2) is 4.99 Å². The zero-order chi connectivity index (χ0) is 11.8. The number of nitrogens with zero attached hydrogens (tertiary/aromatic N) is 1. The first-order valence-corrected chi connectivity index (χ1v) is 5.49. The van der Waals surface area contributed by atoms with Crippen LogP contribution in [0.25, 0.3) is 0 Å². The third kappa shape index (κ3) is 5.34. The highest BCUT2D eigenvalue weighted by molar-refractivity contribution is 8.13. The zero-order valence-corrected chi connectivity index (χ0v) is 9.81. The van der Waals surface area contributed by atoms with E-state index in [4.69, 9.17) is 10.5 Å². The SMILES string of the molecule is CSC(C)=N/C(NC(C)=O)=C(\C=N)CO. The number of carbonyl (C=O) groups is 1. The molecule has 0 aromatic carbocycles. The van der Waals surface area contributed by atoms with Crippen LogP contribution in [-0.2, 0) is 4.79 Å². The standard InChI is InChI=1S/C9H15N3O2S/c1-6(14)11-9(8(4-10)5-13)12-7(2)15-3/h4,10,13H,5H2,1-3H3,(H,11,14)/b9-8+,10-4?,12-7?. The molecule has 5 nitrogen and oxygen atoms in total. The van der Waals surface area contributed by atoms with Gasteiger partial charge in [-0.1, -0.05) is 0 Å². The monoisotopic (exact) mass is 229 g/mol. The van der Waals surface area contributed by atoms with Gasteiger partial charge in [-0.3, -0.25) is 4.79 Å². The van der Waals surface area contributed by atoms with E-state index in [2.05, 4.69) is 10.3 Å². The Balaban J connectivity index is 5.11. The van der Waals surface area contributed by atoms with Crippen LogP contribution < -0.4 is 5.32 Å². The molecule has 0 aliphatic rings. The van der Waals surface area contributed by atoms with Gasteiger partial charge in [-0.15, -0.1) is 11.8 Å². The van der Waals surface area contributed by atoms with Gasteiger partial charge in [0.25, 0.3) is 0 Å². The molecule has 0 aromatic heterocycles. The molecule has 3 N–H and O–H groups in total. The average molecular weight is 229 g/mol. The molecule has 0 saturated carbocycles. The first-order chi connectivity index (χ1) is 7.04. The molecule has 0 heterocycles. The Labute approximate surface area is 93.2 Å². The van der Waals surface area contributed by atoms with Gasteiger partial charge in [0, 0.05) is 18.7 Å². The molecule has 84 valence electrons. The number of carbonyl (C=O) groups excluding carboxylic acids is 1. The number of hydrogen-bond acceptors (Lipinski definition) is 5. The molecular formula is C9H15N3O2S. The summed E-state index contributed by atoms with van der Waals surface area (Å²) in [6.07, 6.45) is 2.83. The average Bonchev–Trinajstić information content (AvgIpc) is 2.18. The maximum atomic E-state index is 10.9. The van der Waals surface area contributed by atoms with E-state index in [9.17, 15) is 4.79 Å². The molecule has 0 fully saturated rings. The Morgan fingerprint density at radius 1 is 1.60 bits per heavy atom. The van der Waals surface area contributed by atoms with Gasteiger partial charge in [-0.2, -0.15) is 0 Å². The van der Waals surface area contributed by atoms with E-state index in [-0.39, 0.29) is 23.9 Å². The van der Waals surface area contributed by atoms with Crippen molar-refractivity contribution in [1.82, 2.24) is 5.32 Å². The largest absolute Gasteiger partial charge is 0.391 e. The Bertz CT molecular complexity index is 310. The van der Waals surface area contributed by atoms with E-state index in [1.54, 1.807) is 6.92 Å². The zero-order valence-electron chi connectivity index (χ0n) is 9.00. The van der Waals surface area contributed by atoms with Crippen molar-refractivity contribution in [3.63, 3.8) is 0 Å². The van der Waals surface area contributed by atoms with Crippen LogP contribution in [0.5, 0.6) is 0 Å². The molecule has 0 saturated heterocycles. The number of nitrogens with one attached hydrogen (secondary N) is 2. The van der Waals surface area contributed by atoms with Crippen molar-refractivity contribution in [2.45, 2.75) is 13.8 Å². The lowest BCUT2D eigenvalue weighted by atomic mass is 10.3. The van der Waals surface area contributed by atoms with Crippen molar-refractivity contribution in [2.75, 3.05) is 12.9 Å². The molecule has 0 aromatic rings. The molecule has 0 unspecified atom stereocenters. The lowest BCUT2D eigenvalue weighted by Gasteiger charge is -2.07. The normalized spacial score (nSPS) is 13.2. The second-order valence-electron chi connectivity index (χ2n) is 2.69. The summed E-state index contributed by atoms with van der Waals surface area (Å²) in [5, 5.41) is 19.2. The van der Waals surface area contributed by atoms with Gasteiger partial charge in [-0.05, 0) is 13.2 Å². The highest BCUT2D eigenvalue weighted by atomic mass is 32.2. The minimum Gasteiger partial charge on any atom is -0.391 e. The van der Waals surface area contributed by atoms with Crippen molar-refractivity contribution in [1.29, 1.82) is 5.41 Å². The quantitative estimate of drug-likeness (QED) is 0.491. The summed E-state index contributed by atoms with van der Waals surface area (Å²) in [5.74, 6) is -0.0534. The number of aliphatic hydroxyl groups excluding tert-OH is 1. The van der Waals surface area contributed by atoms with Gasteiger partial charge < -0.3 is 15.8 Å². The highest BCUT2D eigenvalue weighted by Crippen LogP contribution is 2.05. The van der Waals surface area contributed by atoms with E-state index in [0.29, 0.717) is 0 Å². The fourth-order valence-corrected chi connectivity index (χ4v) is 0.921. The molecule has 0 radical (unpaired) electrons. The van der Waals surface area contributed by atoms with Crippen LogP contribution in [0.4, 0.5) is 0 Å². The molecule has 0 atom stereocenters. The van der Waals surface area contributed by atoms with Crippen LogP contribution >= 0.6 is 11.8 Å². The Morgan fingerprint density at radius 3 is 2.53 bits per heavy atom. The van der Waals surface area contributed by atoms with E-state index >= 15 is 0 Å². The third-order valence-corrected chi connectivity index (χ3v) is 2.19. The fraction of sp³-hybridized carbons (Fsp3) is 0.444. The van der Waals surface area contributed by atoms with E-state index < -0.39 is 0 Å². The molecule has 0 bridgehead atoms. The Morgan fingerprint density at radius 2 is 2.20 bits per heavy atom. The Kier molecular flexibility index (Phi) is 6.64. The summed E-state index contributed by atoms with van der Waals surface area (Å²) in [5.41, 5.74) is 0.276. The van der Waals surface area contributed by atoms with Gasteiger partial charge in [0.05, 0.1) is 11.7 Å². The molecule has 1 amide bonds. The highest BCUT2D eigenvalue weighted by Gasteiger charge is 2.05. The van der Waals surface area contributed by atoms with Crippen LogP contribution in [0.15, 0.2) is 16.4 Å². The molecular weight excluding hydrogens is 214 g/mol. The van der Waals surface area contributed by atoms with Gasteiger partial charge in [0.1, 0.15) is 5.82 Å². The van der Waals surface area contributed by atoms with E-state index in [1.807, 2.05) is 6.26 Å². The summed E-state index contributed by atoms with van der Waals surface area (Å²) in [6.45, 7) is 2.80. The molecule has 0 rings (SSSR count). The lowest BCUT2D eigenvalue weighted by Crippen LogP contribution is -2.21. The second kappa shape index (κ2) is 7.19. The third-order valence-electron chi connectivity index (χ3n) is 1.51. The van der Waals surface area contributed by atoms with Crippen molar-refractivity contribution in [2.24, 2.45) is 4.99 Å². The van der Waals surface area contributed by atoms with E-state index in [0.717, 1.165) is 11.3 Å². The van der Waals surface area contributed by atoms with Crippen LogP contribution in [-0.4, -0.2) is 35.1 Å². The molecule has 6 heteroatoms. The summed E-state index contributed by atoms with van der Waals surface area (Å²) < 4.78 is 0. The minimum absolute atomic E-state index is 0.229. The number of amides is 1. The predicted octanol–water partition coefficient (Wildman–Crippen LogP) is 0.757. The second-order valence-corrected chi connectivity index (χ2v) is 3.69. The number of thioether (sulfide) groups is 1. The van der Waals surface area contributed by atoms with Gasteiger partial charge in [0.15, 0.2) is 0 Å². The summed E-state index contributed by atoms with van der Waals surface area (Å²) in [6, 6.07) is 0. The first kappa shape index (κ1) is 13.9. The number of aliphatic imine (C=N–C) groups is 1. The smallest absolute Gasteiger partial charge is 0.222 e. The number of rotatable bonds is 4.